The highest BCUT2D eigenvalue weighted by Gasteiger charge is 2.24. The minimum absolute atomic E-state index is 0.0508. The lowest BCUT2D eigenvalue weighted by molar-refractivity contribution is -0.113. The number of anilines is 1. The number of amides is 1. The van der Waals surface area contributed by atoms with Gasteiger partial charge in [0.05, 0.1) is 0 Å². The average molecular weight is 305 g/mol. The SMILES string of the molecule is Cc1cnc(NC(=O)C2=C(O)c3ccccc3SN2)s1. The van der Waals surface area contributed by atoms with Crippen molar-refractivity contribution in [2.45, 2.75) is 11.8 Å². The molecule has 2 aromatic rings. The maximum absolute atomic E-state index is 12.2. The first-order valence-electron chi connectivity index (χ1n) is 5.84. The highest BCUT2D eigenvalue weighted by molar-refractivity contribution is 7.97. The highest BCUT2D eigenvalue weighted by Crippen LogP contribution is 2.32. The molecule has 1 aliphatic rings. The molecule has 7 heteroatoms. The second-order valence-corrected chi connectivity index (χ2v) is 6.24. The fraction of sp³-hybridized carbons (Fsp3) is 0.0769. The van der Waals surface area contributed by atoms with E-state index in [2.05, 4.69) is 15.0 Å². The molecule has 1 aromatic heterocycles. The van der Waals surface area contributed by atoms with Gasteiger partial charge in [-0.25, -0.2) is 4.98 Å². The van der Waals surface area contributed by atoms with E-state index >= 15 is 0 Å². The van der Waals surface area contributed by atoms with Crippen LogP contribution in [0, 0.1) is 6.92 Å². The van der Waals surface area contributed by atoms with Gasteiger partial charge in [-0.1, -0.05) is 12.1 Å². The van der Waals surface area contributed by atoms with Crippen LogP contribution in [0.5, 0.6) is 0 Å². The van der Waals surface area contributed by atoms with Gasteiger partial charge in [0.25, 0.3) is 5.91 Å². The maximum atomic E-state index is 12.2. The number of rotatable bonds is 2. The smallest absolute Gasteiger partial charge is 0.278 e. The van der Waals surface area contributed by atoms with Crippen molar-refractivity contribution in [2.24, 2.45) is 0 Å². The van der Waals surface area contributed by atoms with E-state index in [0.29, 0.717) is 10.7 Å². The van der Waals surface area contributed by atoms with Gasteiger partial charge in [-0.05, 0) is 31.0 Å². The van der Waals surface area contributed by atoms with Gasteiger partial charge in [0.15, 0.2) is 16.6 Å². The van der Waals surface area contributed by atoms with Gasteiger partial charge in [-0.3, -0.25) is 10.1 Å². The van der Waals surface area contributed by atoms with Crippen molar-refractivity contribution >= 4 is 40.1 Å². The normalized spacial score (nSPS) is 13.7. The van der Waals surface area contributed by atoms with Gasteiger partial charge in [-0.2, -0.15) is 0 Å². The van der Waals surface area contributed by atoms with E-state index in [0.717, 1.165) is 9.77 Å². The molecular formula is C13H11N3O2S2. The lowest BCUT2D eigenvalue weighted by Gasteiger charge is -2.19. The number of aliphatic hydroxyl groups is 1. The van der Waals surface area contributed by atoms with Crippen molar-refractivity contribution in [3.63, 3.8) is 0 Å². The van der Waals surface area contributed by atoms with Gasteiger partial charge in [0.2, 0.25) is 0 Å². The van der Waals surface area contributed by atoms with Gasteiger partial charge in [-0.15, -0.1) is 11.3 Å². The molecule has 0 aliphatic carbocycles. The van der Waals surface area contributed by atoms with Gasteiger partial charge < -0.3 is 9.83 Å². The Morgan fingerprint density at radius 2 is 2.20 bits per heavy atom. The topological polar surface area (TPSA) is 74.2 Å². The first-order valence-corrected chi connectivity index (χ1v) is 7.48. The fourth-order valence-electron chi connectivity index (χ4n) is 1.77. The Morgan fingerprint density at radius 1 is 1.40 bits per heavy atom. The monoisotopic (exact) mass is 305 g/mol. The van der Waals surface area contributed by atoms with Crippen LogP contribution in [0.4, 0.5) is 5.13 Å². The second kappa shape index (κ2) is 5.18. The van der Waals surface area contributed by atoms with Crippen LogP contribution in [0.1, 0.15) is 10.4 Å². The summed E-state index contributed by atoms with van der Waals surface area (Å²) in [6.07, 6.45) is 1.69. The summed E-state index contributed by atoms with van der Waals surface area (Å²) in [6, 6.07) is 7.35. The minimum atomic E-state index is -0.404. The molecule has 1 aliphatic heterocycles. The standard InChI is InChI=1S/C13H11N3O2S2/c1-7-6-14-13(19-7)15-12(18)10-11(17)8-4-2-3-5-9(8)20-16-10/h2-6,16-17H,1H3,(H,14,15,18). The number of hydrogen-bond acceptors (Lipinski definition) is 6. The Bertz CT molecular complexity index is 709. The number of nitrogens with zero attached hydrogens (tertiary/aromatic N) is 1. The van der Waals surface area contributed by atoms with Gasteiger partial charge in [0, 0.05) is 21.5 Å². The van der Waals surface area contributed by atoms with E-state index in [1.54, 1.807) is 12.3 Å². The van der Waals surface area contributed by atoms with Crippen LogP contribution in [-0.4, -0.2) is 16.0 Å². The maximum Gasteiger partial charge on any atom is 0.278 e. The van der Waals surface area contributed by atoms with Crippen LogP contribution in [0.15, 0.2) is 41.1 Å². The molecule has 1 amide bonds. The van der Waals surface area contributed by atoms with Gasteiger partial charge >= 0.3 is 0 Å². The summed E-state index contributed by atoms with van der Waals surface area (Å²) in [6.45, 7) is 1.91. The Balaban J connectivity index is 1.88. The molecular weight excluding hydrogens is 294 g/mol. The summed E-state index contributed by atoms with van der Waals surface area (Å²) in [4.78, 5) is 18.1. The van der Waals surface area contributed by atoms with E-state index in [1.807, 2.05) is 25.1 Å². The Morgan fingerprint density at radius 3 is 2.95 bits per heavy atom. The molecule has 3 N–H and O–H groups in total. The third-order valence-electron chi connectivity index (χ3n) is 2.71. The summed E-state index contributed by atoms with van der Waals surface area (Å²) in [5.74, 6) is -0.455. The number of aromatic nitrogens is 1. The number of aliphatic hydroxyl groups excluding tert-OH is 1. The van der Waals surface area contributed by atoms with Crippen molar-refractivity contribution in [3.05, 3.63) is 46.6 Å². The Kier molecular flexibility index (Phi) is 3.37. The zero-order chi connectivity index (χ0) is 14.1. The number of hydrogen-bond donors (Lipinski definition) is 3. The molecule has 1 aromatic carbocycles. The number of nitrogens with one attached hydrogen (secondary N) is 2. The molecule has 0 saturated carbocycles. The van der Waals surface area contributed by atoms with Crippen molar-refractivity contribution in [2.75, 3.05) is 5.32 Å². The molecule has 0 bridgehead atoms. The molecule has 102 valence electrons. The summed E-state index contributed by atoms with van der Waals surface area (Å²) in [5, 5.41) is 13.4. The van der Waals surface area contributed by atoms with Crippen molar-refractivity contribution in [1.82, 2.24) is 9.71 Å². The number of carbonyl (C=O) groups excluding carboxylic acids is 1. The largest absolute Gasteiger partial charge is 0.505 e. The molecule has 0 fully saturated rings. The number of carbonyl (C=O) groups is 1. The van der Waals surface area contributed by atoms with Gasteiger partial charge in [0.1, 0.15) is 0 Å². The average Bonchev–Trinajstić information content (AvgIpc) is 2.84. The number of thiazole rings is 1. The Hall–Kier alpha value is -1.99. The zero-order valence-electron chi connectivity index (χ0n) is 10.5. The molecule has 0 radical (unpaired) electrons. The van der Waals surface area contributed by atoms with Crippen molar-refractivity contribution < 1.29 is 9.90 Å². The Labute approximate surface area is 123 Å². The summed E-state index contributed by atoms with van der Waals surface area (Å²) >= 11 is 2.68. The predicted octanol–water partition coefficient (Wildman–Crippen LogP) is 2.93. The van der Waals surface area contributed by atoms with Crippen LogP contribution in [0.2, 0.25) is 0 Å². The number of fused-ring (bicyclic) bond motifs is 1. The first-order chi connectivity index (χ1) is 9.65. The van der Waals surface area contributed by atoms with Crippen molar-refractivity contribution in [1.29, 1.82) is 0 Å². The van der Waals surface area contributed by atoms with Crippen LogP contribution >= 0.6 is 23.3 Å². The van der Waals surface area contributed by atoms with E-state index in [-0.39, 0.29) is 11.5 Å². The number of aryl methyl sites for hydroxylation is 1. The molecule has 20 heavy (non-hydrogen) atoms. The zero-order valence-corrected chi connectivity index (χ0v) is 12.1. The third-order valence-corrected chi connectivity index (χ3v) is 4.42. The van der Waals surface area contributed by atoms with E-state index in [4.69, 9.17) is 0 Å². The van der Waals surface area contributed by atoms with Crippen LogP contribution in [0.3, 0.4) is 0 Å². The van der Waals surface area contributed by atoms with Crippen LogP contribution in [-0.2, 0) is 4.79 Å². The van der Waals surface area contributed by atoms with Crippen LogP contribution in [0.25, 0.3) is 5.76 Å². The molecule has 0 saturated heterocycles. The lowest BCUT2D eigenvalue weighted by atomic mass is 10.1. The van der Waals surface area contributed by atoms with Crippen molar-refractivity contribution in [3.8, 4) is 0 Å². The molecule has 0 atom stereocenters. The molecule has 0 unspecified atom stereocenters. The second-order valence-electron chi connectivity index (χ2n) is 4.15. The summed E-state index contributed by atoms with van der Waals surface area (Å²) in [5.41, 5.74) is 0.790. The molecule has 0 spiro atoms. The summed E-state index contributed by atoms with van der Waals surface area (Å²) in [7, 11) is 0. The van der Waals surface area contributed by atoms with Crippen LogP contribution < -0.4 is 10.0 Å². The van der Waals surface area contributed by atoms with E-state index in [1.165, 1.54) is 23.3 Å². The fourth-order valence-corrected chi connectivity index (χ4v) is 3.25. The molecule has 2 heterocycles. The molecule has 5 nitrogen and oxygen atoms in total. The highest BCUT2D eigenvalue weighted by atomic mass is 32.2. The first kappa shape index (κ1) is 13.0. The van der Waals surface area contributed by atoms with E-state index in [9.17, 15) is 9.90 Å². The minimum Gasteiger partial charge on any atom is -0.505 e. The lowest BCUT2D eigenvalue weighted by Crippen LogP contribution is -2.25. The third kappa shape index (κ3) is 2.37. The molecule has 3 rings (SSSR count). The summed E-state index contributed by atoms with van der Waals surface area (Å²) < 4.78 is 2.86. The predicted molar refractivity (Wildman–Crippen MR) is 80.5 cm³/mol. The quantitative estimate of drug-likeness (QED) is 0.744. The van der Waals surface area contributed by atoms with E-state index < -0.39 is 5.91 Å². The number of benzene rings is 1.